The molecule has 1 N–H and O–H groups in total. The number of aliphatic hydroxyl groups is 1. The standard InChI is InChI=1S/C14H10BrCl2FO/c1-7-4-9(12(17)6-13(7)18)14(19)10-5-8(15)2-3-11(10)16/h2-6,14,19H,1H3. The van der Waals surface area contributed by atoms with E-state index in [1.165, 1.54) is 12.1 Å². The Balaban J connectivity index is 2.52. The lowest BCUT2D eigenvalue weighted by Crippen LogP contribution is -2.03. The molecule has 0 aliphatic heterocycles. The Morgan fingerprint density at radius 2 is 1.74 bits per heavy atom. The van der Waals surface area contributed by atoms with Gasteiger partial charge in [-0.3, -0.25) is 0 Å². The highest BCUT2D eigenvalue weighted by molar-refractivity contribution is 9.10. The fourth-order valence-electron chi connectivity index (χ4n) is 1.78. The quantitative estimate of drug-likeness (QED) is 0.768. The van der Waals surface area contributed by atoms with Crippen LogP contribution in [0.25, 0.3) is 0 Å². The number of aryl methyl sites for hydroxylation is 1. The molecule has 2 aromatic rings. The summed E-state index contributed by atoms with van der Waals surface area (Å²) in [5.41, 5.74) is 1.37. The molecule has 0 bridgehead atoms. The normalized spacial score (nSPS) is 12.5. The first kappa shape index (κ1) is 14.8. The predicted molar refractivity (Wildman–Crippen MR) is 79.4 cm³/mol. The summed E-state index contributed by atoms with van der Waals surface area (Å²) in [5, 5.41) is 11.0. The summed E-state index contributed by atoms with van der Waals surface area (Å²) < 4.78 is 14.2. The molecule has 2 rings (SSSR count). The molecule has 0 saturated carbocycles. The first-order valence-corrected chi connectivity index (χ1v) is 7.03. The van der Waals surface area contributed by atoms with E-state index in [0.717, 1.165) is 4.47 Å². The molecule has 0 fully saturated rings. The van der Waals surface area contributed by atoms with E-state index in [9.17, 15) is 9.50 Å². The smallest absolute Gasteiger partial charge is 0.127 e. The van der Waals surface area contributed by atoms with Crippen molar-refractivity contribution in [1.29, 1.82) is 0 Å². The van der Waals surface area contributed by atoms with Crippen molar-refractivity contribution in [3.63, 3.8) is 0 Å². The van der Waals surface area contributed by atoms with Gasteiger partial charge in [0.2, 0.25) is 0 Å². The third-order valence-corrected chi connectivity index (χ3v) is 3.99. The fraction of sp³-hybridized carbons (Fsp3) is 0.143. The zero-order valence-electron chi connectivity index (χ0n) is 9.92. The molecule has 0 aliphatic carbocycles. The molecular weight excluding hydrogens is 354 g/mol. The third kappa shape index (κ3) is 3.11. The monoisotopic (exact) mass is 362 g/mol. The molecular formula is C14H10BrCl2FO. The van der Waals surface area contributed by atoms with Crippen molar-refractivity contribution >= 4 is 39.1 Å². The Labute approximate surface area is 129 Å². The van der Waals surface area contributed by atoms with Crippen LogP contribution in [0.1, 0.15) is 22.8 Å². The van der Waals surface area contributed by atoms with Gasteiger partial charge in [-0.25, -0.2) is 4.39 Å². The van der Waals surface area contributed by atoms with Gasteiger partial charge in [0, 0.05) is 25.6 Å². The van der Waals surface area contributed by atoms with Gasteiger partial charge >= 0.3 is 0 Å². The Bertz CT molecular complexity index is 631. The second-order valence-electron chi connectivity index (χ2n) is 4.19. The predicted octanol–water partition coefficient (Wildman–Crippen LogP) is 5.29. The van der Waals surface area contributed by atoms with Crippen molar-refractivity contribution in [3.05, 3.63) is 67.4 Å². The summed E-state index contributed by atoms with van der Waals surface area (Å²) in [6.45, 7) is 1.62. The Morgan fingerprint density at radius 3 is 2.42 bits per heavy atom. The van der Waals surface area contributed by atoms with Crippen molar-refractivity contribution in [2.75, 3.05) is 0 Å². The van der Waals surface area contributed by atoms with Gasteiger partial charge in [-0.1, -0.05) is 39.1 Å². The van der Waals surface area contributed by atoms with Gasteiger partial charge in [-0.2, -0.15) is 0 Å². The summed E-state index contributed by atoms with van der Waals surface area (Å²) in [7, 11) is 0. The highest BCUT2D eigenvalue weighted by atomic mass is 79.9. The van der Waals surface area contributed by atoms with Gasteiger partial charge in [0.25, 0.3) is 0 Å². The van der Waals surface area contributed by atoms with Crippen LogP contribution in [-0.2, 0) is 0 Å². The minimum Gasteiger partial charge on any atom is -0.384 e. The topological polar surface area (TPSA) is 20.2 Å². The molecule has 5 heteroatoms. The van der Waals surface area contributed by atoms with Crippen LogP contribution in [0.4, 0.5) is 4.39 Å². The highest BCUT2D eigenvalue weighted by Crippen LogP contribution is 2.34. The second kappa shape index (κ2) is 5.80. The first-order chi connectivity index (χ1) is 8.90. The maximum atomic E-state index is 13.4. The van der Waals surface area contributed by atoms with Gasteiger partial charge in [0.1, 0.15) is 11.9 Å². The van der Waals surface area contributed by atoms with Crippen LogP contribution in [0.2, 0.25) is 10.0 Å². The van der Waals surface area contributed by atoms with Gasteiger partial charge in [-0.15, -0.1) is 0 Å². The summed E-state index contributed by atoms with van der Waals surface area (Å²) in [6.07, 6.45) is -1.00. The number of hydrogen-bond donors (Lipinski definition) is 1. The van der Waals surface area contributed by atoms with Crippen LogP contribution in [0.15, 0.2) is 34.8 Å². The summed E-state index contributed by atoms with van der Waals surface area (Å²) >= 11 is 15.4. The Kier molecular flexibility index (Phi) is 4.51. The zero-order valence-corrected chi connectivity index (χ0v) is 13.0. The molecule has 0 heterocycles. The van der Waals surface area contributed by atoms with Gasteiger partial charge in [-0.05, 0) is 42.8 Å². The summed E-state index contributed by atoms with van der Waals surface area (Å²) in [4.78, 5) is 0. The van der Waals surface area contributed by atoms with Crippen LogP contribution < -0.4 is 0 Å². The molecule has 0 spiro atoms. The SMILES string of the molecule is Cc1cc(C(O)c2cc(Br)ccc2Cl)c(Cl)cc1F. The molecule has 100 valence electrons. The van der Waals surface area contributed by atoms with E-state index in [2.05, 4.69) is 15.9 Å². The number of halogens is 4. The van der Waals surface area contributed by atoms with Gasteiger partial charge in [0.15, 0.2) is 0 Å². The molecule has 0 aliphatic rings. The lowest BCUT2D eigenvalue weighted by molar-refractivity contribution is 0.220. The minimum absolute atomic E-state index is 0.173. The maximum Gasteiger partial charge on any atom is 0.127 e. The average molecular weight is 364 g/mol. The van der Waals surface area contributed by atoms with E-state index in [-0.39, 0.29) is 5.02 Å². The van der Waals surface area contributed by atoms with Crippen molar-refractivity contribution in [2.24, 2.45) is 0 Å². The zero-order chi connectivity index (χ0) is 14.2. The van der Waals surface area contributed by atoms with E-state index in [1.54, 1.807) is 25.1 Å². The van der Waals surface area contributed by atoms with E-state index in [4.69, 9.17) is 23.2 Å². The number of benzene rings is 2. The third-order valence-electron chi connectivity index (χ3n) is 2.83. The van der Waals surface area contributed by atoms with Gasteiger partial charge < -0.3 is 5.11 Å². The molecule has 1 unspecified atom stereocenters. The van der Waals surface area contributed by atoms with Crippen LogP contribution in [0, 0.1) is 12.7 Å². The van der Waals surface area contributed by atoms with Crippen molar-refractivity contribution < 1.29 is 9.50 Å². The molecule has 0 saturated heterocycles. The van der Waals surface area contributed by atoms with E-state index < -0.39 is 11.9 Å². The van der Waals surface area contributed by atoms with E-state index >= 15 is 0 Å². The molecule has 2 aromatic carbocycles. The lowest BCUT2D eigenvalue weighted by Gasteiger charge is -2.16. The van der Waals surface area contributed by atoms with Gasteiger partial charge in [0.05, 0.1) is 0 Å². The number of rotatable bonds is 2. The molecule has 0 aromatic heterocycles. The number of hydrogen-bond acceptors (Lipinski definition) is 1. The largest absolute Gasteiger partial charge is 0.384 e. The van der Waals surface area contributed by atoms with Crippen LogP contribution in [-0.4, -0.2) is 5.11 Å². The number of aliphatic hydroxyl groups excluding tert-OH is 1. The maximum absolute atomic E-state index is 13.4. The van der Waals surface area contributed by atoms with Crippen LogP contribution >= 0.6 is 39.1 Å². The summed E-state index contributed by atoms with van der Waals surface area (Å²) in [5.74, 6) is -0.402. The van der Waals surface area contributed by atoms with Crippen LogP contribution in [0.5, 0.6) is 0 Å². The summed E-state index contributed by atoms with van der Waals surface area (Å²) in [6, 6.07) is 7.88. The second-order valence-corrected chi connectivity index (χ2v) is 5.92. The first-order valence-electron chi connectivity index (χ1n) is 5.48. The highest BCUT2D eigenvalue weighted by Gasteiger charge is 2.18. The Hall–Kier alpha value is -0.610. The molecule has 0 amide bonds. The van der Waals surface area contributed by atoms with Crippen molar-refractivity contribution in [1.82, 2.24) is 0 Å². The molecule has 1 atom stereocenters. The van der Waals surface area contributed by atoms with Crippen molar-refractivity contribution in [2.45, 2.75) is 13.0 Å². The van der Waals surface area contributed by atoms with E-state index in [1.807, 2.05) is 0 Å². The van der Waals surface area contributed by atoms with Crippen molar-refractivity contribution in [3.8, 4) is 0 Å². The van der Waals surface area contributed by atoms with E-state index in [0.29, 0.717) is 21.7 Å². The molecule has 1 nitrogen and oxygen atoms in total. The lowest BCUT2D eigenvalue weighted by atomic mass is 9.99. The van der Waals surface area contributed by atoms with Crippen LogP contribution in [0.3, 0.4) is 0 Å². The fourth-order valence-corrected chi connectivity index (χ4v) is 2.63. The Morgan fingerprint density at radius 1 is 1.11 bits per heavy atom. The average Bonchev–Trinajstić information content (AvgIpc) is 2.36. The minimum atomic E-state index is -1.00. The molecule has 0 radical (unpaired) electrons. The molecule has 19 heavy (non-hydrogen) atoms.